The number of carbonyl (C=O) groups is 1. The van der Waals surface area contributed by atoms with E-state index in [1.807, 2.05) is 18.2 Å². The molecule has 0 saturated heterocycles. The maximum atomic E-state index is 10.2. The topological polar surface area (TPSA) is 37.3 Å². The highest BCUT2D eigenvalue weighted by atomic mass is 16.4. The molecule has 15 heavy (non-hydrogen) atoms. The minimum Gasteiger partial charge on any atom is -0.478 e. The van der Waals surface area contributed by atoms with Crippen LogP contribution in [0.25, 0.3) is 6.08 Å². The van der Waals surface area contributed by atoms with Crippen molar-refractivity contribution in [2.75, 3.05) is 0 Å². The zero-order valence-electron chi connectivity index (χ0n) is 8.68. The van der Waals surface area contributed by atoms with E-state index >= 15 is 0 Å². The first kappa shape index (κ1) is 11.2. The smallest absolute Gasteiger partial charge is 0.328 e. The second kappa shape index (κ2) is 5.81. The van der Waals surface area contributed by atoms with Gasteiger partial charge in [0, 0.05) is 6.08 Å². The number of aryl methyl sites for hydroxylation is 1. The van der Waals surface area contributed by atoms with Crippen molar-refractivity contribution in [3.8, 4) is 0 Å². The molecule has 78 valence electrons. The largest absolute Gasteiger partial charge is 0.478 e. The summed E-state index contributed by atoms with van der Waals surface area (Å²) in [4.78, 5) is 10.2. The zero-order chi connectivity index (χ0) is 11.1. The van der Waals surface area contributed by atoms with Gasteiger partial charge < -0.3 is 5.11 Å². The van der Waals surface area contributed by atoms with Crippen molar-refractivity contribution in [3.05, 3.63) is 53.6 Å². The molecule has 2 nitrogen and oxygen atoms in total. The maximum absolute atomic E-state index is 10.2. The summed E-state index contributed by atoms with van der Waals surface area (Å²) in [7, 11) is 0. The van der Waals surface area contributed by atoms with Gasteiger partial charge in [0.1, 0.15) is 0 Å². The summed E-state index contributed by atoms with van der Waals surface area (Å²) < 4.78 is 0. The first-order chi connectivity index (χ1) is 7.22. The van der Waals surface area contributed by atoms with Crippen molar-refractivity contribution in [1.29, 1.82) is 0 Å². The molecule has 1 aromatic carbocycles. The molecule has 0 saturated carbocycles. The van der Waals surface area contributed by atoms with Crippen LogP contribution in [0.4, 0.5) is 0 Å². The predicted molar refractivity (Wildman–Crippen MR) is 61.6 cm³/mol. The SMILES string of the molecule is CCc1cccc(/C=C/C=C/C(=O)O)c1. The van der Waals surface area contributed by atoms with E-state index in [-0.39, 0.29) is 0 Å². The van der Waals surface area contributed by atoms with Gasteiger partial charge in [-0.3, -0.25) is 0 Å². The van der Waals surface area contributed by atoms with Gasteiger partial charge in [0.2, 0.25) is 0 Å². The summed E-state index contributed by atoms with van der Waals surface area (Å²) >= 11 is 0. The average Bonchev–Trinajstić information content (AvgIpc) is 2.24. The number of carboxylic acid groups (broad SMARTS) is 1. The summed E-state index contributed by atoms with van der Waals surface area (Å²) in [5, 5.41) is 8.37. The van der Waals surface area contributed by atoms with Crippen molar-refractivity contribution in [1.82, 2.24) is 0 Å². The van der Waals surface area contributed by atoms with Crippen LogP contribution < -0.4 is 0 Å². The summed E-state index contributed by atoms with van der Waals surface area (Å²) in [6, 6.07) is 8.15. The molecular weight excluding hydrogens is 188 g/mol. The molecule has 1 aromatic rings. The Bertz CT molecular complexity index is 389. The van der Waals surface area contributed by atoms with E-state index in [0.29, 0.717) is 0 Å². The van der Waals surface area contributed by atoms with Gasteiger partial charge in [0.05, 0.1) is 0 Å². The van der Waals surface area contributed by atoms with Crippen molar-refractivity contribution in [2.24, 2.45) is 0 Å². The van der Waals surface area contributed by atoms with Crippen LogP contribution in [0.3, 0.4) is 0 Å². The highest BCUT2D eigenvalue weighted by Gasteiger charge is 1.89. The van der Waals surface area contributed by atoms with E-state index < -0.39 is 5.97 Å². The lowest BCUT2D eigenvalue weighted by molar-refractivity contribution is -0.131. The fourth-order valence-corrected chi connectivity index (χ4v) is 1.22. The van der Waals surface area contributed by atoms with Crippen molar-refractivity contribution < 1.29 is 9.90 Å². The minimum atomic E-state index is -0.929. The van der Waals surface area contributed by atoms with E-state index in [4.69, 9.17) is 5.11 Å². The van der Waals surface area contributed by atoms with E-state index in [0.717, 1.165) is 18.1 Å². The molecule has 0 bridgehead atoms. The molecule has 0 amide bonds. The molecule has 1 N–H and O–H groups in total. The van der Waals surface area contributed by atoms with Gasteiger partial charge in [-0.25, -0.2) is 4.79 Å². The van der Waals surface area contributed by atoms with Gasteiger partial charge in [-0.05, 0) is 17.5 Å². The van der Waals surface area contributed by atoms with Gasteiger partial charge in [-0.2, -0.15) is 0 Å². The van der Waals surface area contributed by atoms with Gasteiger partial charge in [0.25, 0.3) is 0 Å². The molecule has 0 radical (unpaired) electrons. The highest BCUT2D eigenvalue weighted by molar-refractivity contribution is 5.80. The number of benzene rings is 1. The quantitative estimate of drug-likeness (QED) is 0.602. The number of hydrogen-bond donors (Lipinski definition) is 1. The standard InChI is InChI=1S/C13H14O2/c1-2-11-7-5-8-12(10-11)6-3-4-9-13(14)15/h3-10H,2H2,1H3,(H,14,15)/b6-3+,9-4+. The van der Waals surface area contributed by atoms with Crippen LogP contribution in [-0.2, 0) is 11.2 Å². The molecule has 0 heterocycles. The second-order valence-corrected chi connectivity index (χ2v) is 3.16. The van der Waals surface area contributed by atoms with Crippen LogP contribution in [-0.4, -0.2) is 11.1 Å². The molecule has 0 aromatic heterocycles. The third-order valence-electron chi connectivity index (χ3n) is 2.00. The summed E-state index contributed by atoms with van der Waals surface area (Å²) in [5.74, 6) is -0.929. The van der Waals surface area contributed by atoms with E-state index in [2.05, 4.69) is 19.1 Å². The summed E-state index contributed by atoms with van der Waals surface area (Å²) in [6.07, 6.45) is 7.25. The van der Waals surface area contributed by atoms with Gasteiger partial charge >= 0.3 is 5.97 Å². The normalized spacial score (nSPS) is 11.3. The molecule has 0 aliphatic heterocycles. The third-order valence-corrected chi connectivity index (χ3v) is 2.00. The monoisotopic (exact) mass is 202 g/mol. The van der Waals surface area contributed by atoms with Crippen molar-refractivity contribution in [3.63, 3.8) is 0 Å². The molecule has 0 unspecified atom stereocenters. The molecule has 0 fully saturated rings. The van der Waals surface area contributed by atoms with Crippen LogP contribution in [0.5, 0.6) is 0 Å². The first-order valence-corrected chi connectivity index (χ1v) is 4.89. The number of rotatable bonds is 4. The number of aliphatic carboxylic acids is 1. The average molecular weight is 202 g/mol. The Hall–Kier alpha value is -1.83. The van der Waals surface area contributed by atoms with E-state index in [1.165, 1.54) is 11.6 Å². The lowest BCUT2D eigenvalue weighted by Gasteiger charge is -1.97. The Morgan fingerprint density at radius 1 is 1.40 bits per heavy atom. The Kier molecular flexibility index (Phi) is 4.35. The molecule has 2 heteroatoms. The zero-order valence-corrected chi connectivity index (χ0v) is 8.68. The van der Waals surface area contributed by atoms with Gasteiger partial charge in [-0.1, -0.05) is 49.4 Å². The molecule has 0 aliphatic rings. The molecule has 0 spiro atoms. The molecule has 0 aliphatic carbocycles. The summed E-state index contributed by atoms with van der Waals surface area (Å²) in [6.45, 7) is 2.10. The van der Waals surface area contributed by atoms with E-state index in [9.17, 15) is 4.79 Å². The van der Waals surface area contributed by atoms with Crippen LogP contribution in [0, 0.1) is 0 Å². The minimum absolute atomic E-state index is 0.929. The van der Waals surface area contributed by atoms with Crippen molar-refractivity contribution in [2.45, 2.75) is 13.3 Å². The fourth-order valence-electron chi connectivity index (χ4n) is 1.22. The molecule has 0 atom stereocenters. The summed E-state index contributed by atoms with van der Waals surface area (Å²) in [5.41, 5.74) is 2.36. The molecular formula is C13H14O2. The maximum Gasteiger partial charge on any atom is 0.328 e. The Balaban J connectivity index is 2.67. The molecule has 1 rings (SSSR count). The van der Waals surface area contributed by atoms with Crippen molar-refractivity contribution >= 4 is 12.0 Å². The first-order valence-electron chi connectivity index (χ1n) is 4.89. The predicted octanol–water partition coefficient (Wildman–Crippen LogP) is 2.90. The lowest BCUT2D eigenvalue weighted by atomic mass is 10.1. The Morgan fingerprint density at radius 2 is 2.20 bits per heavy atom. The number of allylic oxidation sites excluding steroid dienone is 2. The Labute approximate surface area is 89.6 Å². The fraction of sp³-hybridized carbons (Fsp3) is 0.154. The van der Waals surface area contributed by atoms with Gasteiger partial charge in [-0.15, -0.1) is 0 Å². The van der Waals surface area contributed by atoms with E-state index in [1.54, 1.807) is 6.08 Å². The third kappa shape index (κ3) is 4.27. The van der Waals surface area contributed by atoms with Crippen LogP contribution in [0.1, 0.15) is 18.1 Å². The van der Waals surface area contributed by atoms with Crippen LogP contribution in [0.15, 0.2) is 42.5 Å². The van der Waals surface area contributed by atoms with Gasteiger partial charge in [0.15, 0.2) is 0 Å². The Morgan fingerprint density at radius 3 is 2.87 bits per heavy atom. The number of carboxylic acids is 1. The highest BCUT2D eigenvalue weighted by Crippen LogP contribution is 2.07. The number of hydrogen-bond acceptors (Lipinski definition) is 1. The lowest BCUT2D eigenvalue weighted by Crippen LogP contribution is -1.84. The second-order valence-electron chi connectivity index (χ2n) is 3.16. The van der Waals surface area contributed by atoms with Crippen LogP contribution >= 0.6 is 0 Å². The van der Waals surface area contributed by atoms with Crippen LogP contribution in [0.2, 0.25) is 0 Å².